The van der Waals surface area contributed by atoms with E-state index in [0.717, 1.165) is 135 Å². The molecule has 104 heavy (non-hydrogen) atoms. The lowest BCUT2D eigenvalue weighted by Gasteiger charge is -2.21. The molecule has 0 saturated heterocycles. The first-order valence-corrected chi connectivity index (χ1v) is 43.1. The summed E-state index contributed by atoms with van der Waals surface area (Å²) in [6.45, 7) is 4.61. The van der Waals surface area contributed by atoms with Crippen LogP contribution in [0.4, 0.5) is 0 Å². The molecular weight excluding hydrogens is 1350 g/mol. The number of hydrogen-bond donors (Lipinski definition) is 3. The van der Waals surface area contributed by atoms with E-state index in [1.165, 1.54) is 83.5 Å². The Hall–Kier alpha value is -5.06. The number of carbonyl (C=O) groups is 4. The van der Waals surface area contributed by atoms with Gasteiger partial charge in [-0.3, -0.25) is 37.3 Å². The Balaban J connectivity index is 5.50. The van der Waals surface area contributed by atoms with Crippen molar-refractivity contribution in [3.05, 3.63) is 146 Å². The Morgan fingerprint density at radius 2 is 0.510 bits per heavy atom. The van der Waals surface area contributed by atoms with Crippen molar-refractivity contribution in [2.75, 3.05) is 39.6 Å². The zero-order chi connectivity index (χ0) is 76.0. The molecule has 594 valence electrons. The summed E-state index contributed by atoms with van der Waals surface area (Å²) in [5.74, 6) is -2.34. The summed E-state index contributed by atoms with van der Waals surface area (Å²) < 4.78 is 68.5. The Bertz CT molecular complexity index is 2540. The highest BCUT2D eigenvalue weighted by atomic mass is 31.2. The summed E-state index contributed by atoms with van der Waals surface area (Å²) in [7, 11) is -10.0. The van der Waals surface area contributed by atoms with Gasteiger partial charge in [0, 0.05) is 25.7 Å². The lowest BCUT2D eigenvalue weighted by atomic mass is 10.1. The van der Waals surface area contributed by atoms with Crippen LogP contribution < -0.4 is 0 Å². The molecule has 0 spiro atoms. The molecule has 0 radical (unpaired) electrons. The summed E-state index contributed by atoms with van der Waals surface area (Å²) >= 11 is 0. The molecule has 0 heterocycles. The van der Waals surface area contributed by atoms with Crippen LogP contribution in [0.1, 0.15) is 310 Å². The first kappa shape index (κ1) is 98.9. The number of phosphoric ester groups is 2. The van der Waals surface area contributed by atoms with Crippen LogP contribution in [0.25, 0.3) is 0 Å². The van der Waals surface area contributed by atoms with Crippen molar-refractivity contribution in [3.8, 4) is 0 Å². The minimum atomic E-state index is -5.01. The van der Waals surface area contributed by atoms with Gasteiger partial charge in [-0.1, -0.05) is 270 Å². The van der Waals surface area contributed by atoms with E-state index in [0.29, 0.717) is 38.5 Å². The number of ether oxygens (including phenoxy) is 4. The summed E-state index contributed by atoms with van der Waals surface area (Å²) in [4.78, 5) is 73.0. The molecule has 19 heteroatoms. The number of allylic oxidation sites excluding steroid dienone is 24. The van der Waals surface area contributed by atoms with E-state index in [9.17, 15) is 43.2 Å². The number of unbranched alkanes of at least 4 members (excludes halogenated alkanes) is 25. The van der Waals surface area contributed by atoms with Gasteiger partial charge in [-0.05, 0) is 161 Å². The van der Waals surface area contributed by atoms with E-state index in [2.05, 4.69) is 149 Å². The van der Waals surface area contributed by atoms with Crippen molar-refractivity contribution in [1.29, 1.82) is 0 Å². The predicted molar refractivity (Wildman–Crippen MR) is 427 cm³/mol. The Morgan fingerprint density at radius 1 is 0.279 bits per heavy atom. The molecule has 0 bridgehead atoms. The maximum absolute atomic E-state index is 13.1. The van der Waals surface area contributed by atoms with Gasteiger partial charge in [-0.25, -0.2) is 9.13 Å². The van der Waals surface area contributed by atoms with Crippen LogP contribution in [0, 0.1) is 0 Å². The zero-order valence-electron chi connectivity index (χ0n) is 64.9. The third-order valence-corrected chi connectivity index (χ3v) is 18.2. The minimum absolute atomic E-state index is 0.00280. The lowest BCUT2D eigenvalue weighted by Crippen LogP contribution is -2.30. The second-order valence-corrected chi connectivity index (χ2v) is 29.2. The fourth-order valence-electron chi connectivity index (χ4n) is 10.1. The Morgan fingerprint density at radius 3 is 0.846 bits per heavy atom. The summed E-state index contributed by atoms with van der Waals surface area (Å²) in [6.07, 6.45) is 86.9. The van der Waals surface area contributed by atoms with Crippen molar-refractivity contribution in [3.63, 3.8) is 0 Å². The highest BCUT2D eigenvalue weighted by Gasteiger charge is 2.30. The van der Waals surface area contributed by atoms with Crippen LogP contribution in [0.2, 0.25) is 0 Å². The summed E-state index contributed by atoms with van der Waals surface area (Å²) in [6, 6.07) is 0. The molecule has 2 unspecified atom stereocenters. The number of aliphatic hydroxyl groups excluding tert-OH is 1. The van der Waals surface area contributed by atoms with Gasteiger partial charge < -0.3 is 33.8 Å². The highest BCUT2D eigenvalue weighted by Crippen LogP contribution is 2.45. The van der Waals surface area contributed by atoms with E-state index in [4.69, 9.17) is 37.0 Å². The highest BCUT2D eigenvalue weighted by molar-refractivity contribution is 7.47. The van der Waals surface area contributed by atoms with Crippen LogP contribution in [0.5, 0.6) is 0 Å². The Kier molecular flexibility index (Phi) is 72.4. The molecule has 0 fully saturated rings. The quantitative estimate of drug-likeness (QED) is 0.0128. The summed E-state index contributed by atoms with van der Waals surface area (Å²) in [5, 5.41) is 10.6. The molecule has 0 rings (SSSR count). The van der Waals surface area contributed by atoms with Crippen LogP contribution in [0.15, 0.2) is 146 Å². The second kappa shape index (κ2) is 76.1. The van der Waals surface area contributed by atoms with Crippen LogP contribution in [-0.4, -0.2) is 96.7 Å². The molecule has 3 N–H and O–H groups in total. The lowest BCUT2D eigenvalue weighted by molar-refractivity contribution is -0.161. The number of rotatable bonds is 74. The number of carbonyl (C=O) groups excluding carboxylic acids is 4. The SMILES string of the molecule is CCCCC/C=C\C/C=C\C/C=C\C/C=C\CCCC(=O)OC[C@H](COP(=O)(O)OC[C@H](O)COP(=O)(O)OC[C@@H](COC(=O)CCCCCCC/C=C\C=C/CCCCCC)OC(=O)CCCCCCC/C=C\C/C=C\CCCCC)OC(=O)CCC/C=C\C/C=C\C/C=C\C/C=C\CCCCC. The Labute approximate surface area is 630 Å². The molecule has 0 aliphatic rings. The maximum atomic E-state index is 13.1. The molecule has 0 aliphatic heterocycles. The van der Waals surface area contributed by atoms with Gasteiger partial charge in [-0.2, -0.15) is 0 Å². The number of hydrogen-bond acceptors (Lipinski definition) is 15. The van der Waals surface area contributed by atoms with Gasteiger partial charge in [0.1, 0.15) is 19.3 Å². The van der Waals surface area contributed by atoms with E-state index in [-0.39, 0.29) is 25.7 Å². The molecule has 0 aromatic rings. The van der Waals surface area contributed by atoms with Crippen molar-refractivity contribution in [1.82, 2.24) is 0 Å². The monoisotopic (exact) mass is 1500 g/mol. The van der Waals surface area contributed by atoms with E-state index >= 15 is 0 Å². The summed E-state index contributed by atoms with van der Waals surface area (Å²) in [5.41, 5.74) is 0. The van der Waals surface area contributed by atoms with Gasteiger partial charge in [0.2, 0.25) is 0 Å². The van der Waals surface area contributed by atoms with Crippen LogP contribution >= 0.6 is 15.6 Å². The van der Waals surface area contributed by atoms with Crippen LogP contribution in [-0.2, 0) is 65.4 Å². The van der Waals surface area contributed by atoms with Crippen molar-refractivity contribution in [2.24, 2.45) is 0 Å². The van der Waals surface area contributed by atoms with E-state index < -0.39 is 97.5 Å². The fraction of sp³-hybridized carbons (Fsp3) is 0.671. The van der Waals surface area contributed by atoms with Gasteiger partial charge in [-0.15, -0.1) is 0 Å². The zero-order valence-corrected chi connectivity index (χ0v) is 66.7. The molecule has 0 aliphatic carbocycles. The molecule has 0 amide bonds. The fourth-order valence-corrected chi connectivity index (χ4v) is 11.7. The first-order chi connectivity index (χ1) is 50.7. The van der Waals surface area contributed by atoms with E-state index in [1.54, 1.807) is 0 Å². The van der Waals surface area contributed by atoms with Gasteiger partial charge in [0.15, 0.2) is 12.2 Å². The third-order valence-electron chi connectivity index (χ3n) is 16.3. The molecular formula is C85H142O17P2. The number of phosphoric acid groups is 2. The molecule has 0 saturated carbocycles. The molecule has 5 atom stereocenters. The van der Waals surface area contributed by atoms with Gasteiger partial charge in [0.25, 0.3) is 0 Å². The second-order valence-electron chi connectivity index (χ2n) is 26.3. The number of aliphatic hydroxyl groups is 1. The topological polar surface area (TPSA) is 237 Å². The smallest absolute Gasteiger partial charge is 0.462 e. The largest absolute Gasteiger partial charge is 0.472 e. The first-order valence-electron chi connectivity index (χ1n) is 40.1. The standard InChI is InChI=1S/C85H142O17P2/c1-5-9-13-17-21-25-29-33-37-39-43-46-50-54-58-62-66-70-83(88)96-76-81(102-85(90)72-68-64-60-56-52-48-44-40-38-34-30-26-22-18-14-10-6-2)78-100-104(93,94)98-74-79(86)73-97-103(91,92)99-77-80(101-84(89)71-67-63-59-55-51-47-42-36-32-28-24-20-16-12-8-4)75-95-82(87)69-65-61-57-53-49-45-41-35-31-27-23-19-15-11-7-3/h21-22,24-28,31,33-38,41-44,46,48,54,56,58,60,79-81,86H,5-20,23,29-30,32,39-40,45,47,49-53,55,57,59,61-78H2,1-4H3,(H,91,92)(H,93,94)/b25-21-,26-22-,28-24-,31-27-,37-33-,38-34-,41-35-,42-36-,46-43-,48-44-,58-54-,60-56-/t79-,80-,81-/m1/s1. The maximum Gasteiger partial charge on any atom is 0.472 e. The minimum Gasteiger partial charge on any atom is -0.462 e. The van der Waals surface area contributed by atoms with Crippen molar-refractivity contribution >= 4 is 39.5 Å². The average Bonchev–Trinajstić information content (AvgIpc) is 0.926. The normalized spacial score (nSPS) is 14.6. The third kappa shape index (κ3) is 75.2. The van der Waals surface area contributed by atoms with Crippen molar-refractivity contribution < 1.29 is 80.2 Å². The number of esters is 4. The van der Waals surface area contributed by atoms with Gasteiger partial charge in [0.05, 0.1) is 26.4 Å². The van der Waals surface area contributed by atoms with Gasteiger partial charge >= 0.3 is 39.5 Å². The predicted octanol–water partition coefficient (Wildman–Crippen LogP) is 23.4. The van der Waals surface area contributed by atoms with Crippen molar-refractivity contribution in [2.45, 2.75) is 329 Å². The average molecular weight is 1500 g/mol. The molecule has 0 aromatic heterocycles. The van der Waals surface area contributed by atoms with Crippen LogP contribution in [0.3, 0.4) is 0 Å². The molecule has 0 aromatic carbocycles. The molecule has 17 nitrogen and oxygen atoms in total. The van der Waals surface area contributed by atoms with E-state index in [1.807, 2.05) is 24.3 Å².